The van der Waals surface area contributed by atoms with Crippen molar-refractivity contribution >= 4 is 11.9 Å². The number of amides is 3. The molecule has 30 heavy (non-hydrogen) atoms. The fourth-order valence-corrected chi connectivity index (χ4v) is 3.25. The van der Waals surface area contributed by atoms with Crippen LogP contribution in [0.25, 0.3) is 0 Å². The molecular weight excluding hydrogens is 385 g/mol. The van der Waals surface area contributed by atoms with Gasteiger partial charge in [0.2, 0.25) is 5.91 Å². The van der Waals surface area contributed by atoms with Crippen molar-refractivity contribution in [3.8, 4) is 5.75 Å². The SMILES string of the molecule is Cc1ccc(CC(=O)N2CCN(C(=O)NCCCOc3ccc(F)cc3)CC2)cc1. The third-order valence-electron chi connectivity index (χ3n) is 5.08. The molecule has 0 unspecified atom stereocenters. The van der Waals surface area contributed by atoms with Crippen LogP contribution in [0.1, 0.15) is 17.5 Å². The van der Waals surface area contributed by atoms with Crippen molar-refractivity contribution < 1.29 is 18.7 Å². The van der Waals surface area contributed by atoms with Crippen molar-refractivity contribution in [3.63, 3.8) is 0 Å². The van der Waals surface area contributed by atoms with Crippen LogP contribution in [0.2, 0.25) is 0 Å². The zero-order valence-corrected chi connectivity index (χ0v) is 17.3. The van der Waals surface area contributed by atoms with Crippen LogP contribution in [-0.4, -0.2) is 61.1 Å². The molecule has 0 aromatic heterocycles. The molecule has 3 amide bonds. The van der Waals surface area contributed by atoms with Crippen LogP contribution >= 0.6 is 0 Å². The van der Waals surface area contributed by atoms with Gasteiger partial charge in [-0.3, -0.25) is 4.79 Å². The van der Waals surface area contributed by atoms with Gasteiger partial charge in [-0.05, 0) is 43.2 Å². The number of piperazine rings is 1. The number of rotatable bonds is 7. The molecule has 1 fully saturated rings. The molecule has 2 aromatic carbocycles. The zero-order chi connectivity index (χ0) is 21.3. The molecule has 0 bridgehead atoms. The molecule has 0 radical (unpaired) electrons. The lowest BCUT2D eigenvalue weighted by Gasteiger charge is -2.34. The molecule has 1 aliphatic rings. The minimum Gasteiger partial charge on any atom is -0.494 e. The number of carbonyl (C=O) groups is 2. The molecule has 0 spiro atoms. The Morgan fingerprint density at radius 1 is 0.967 bits per heavy atom. The molecule has 1 heterocycles. The van der Waals surface area contributed by atoms with Gasteiger partial charge in [0.1, 0.15) is 11.6 Å². The Bertz CT molecular complexity index is 832. The normalized spacial score (nSPS) is 13.8. The Hall–Kier alpha value is -3.09. The van der Waals surface area contributed by atoms with Crippen molar-refractivity contribution in [1.29, 1.82) is 0 Å². The number of aryl methyl sites for hydroxylation is 1. The Balaban J connectivity index is 1.31. The fourth-order valence-electron chi connectivity index (χ4n) is 3.25. The van der Waals surface area contributed by atoms with Gasteiger partial charge in [-0.25, -0.2) is 9.18 Å². The minimum atomic E-state index is -0.299. The Morgan fingerprint density at radius 2 is 1.60 bits per heavy atom. The van der Waals surface area contributed by atoms with E-state index in [1.165, 1.54) is 17.7 Å². The van der Waals surface area contributed by atoms with E-state index >= 15 is 0 Å². The summed E-state index contributed by atoms with van der Waals surface area (Å²) in [6, 6.07) is 13.7. The van der Waals surface area contributed by atoms with Crippen molar-refractivity contribution in [2.45, 2.75) is 19.8 Å². The van der Waals surface area contributed by atoms with Crippen LogP contribution < -0.4 is 10.1 Å². The first-order chi connectivity index (χ1) is 14.5. The zero-order valence-electron chi connectivity index (χ0n) is 17.3. The summed E-state index contributed by atoms with van der Waals surface area (Å²) >= 11 is 0. The highest BCUT2D eigenvalue weighted by atomic mass is 19.1. The standard InChI is InChI=1S/C23H28FN3O3/c1-18-3-5-19(6-4-18)17-22(28)26-12-14-27(15-13-26)23(29)25-11-2-16-30-21-9-7-20(24)8-10-21/h3-10H,2,11-17H2,1H3,(H,25,29). The first kappa shape index (κ1) is 21.6. The summed E-state index contributed by atoms with van der Waals surface area (Å²) in [7, 11) is 0. The maximum atomic E-state index is 12.8. The number of hydrogen-bond donors (Lipinski definition) is 1. The number of urea groups is 1. The molecule has 1 N–H and O–H groups in total. The van der Waals surface area contributed by atoms with Crippen LogP contribution in [0.5, 0.6) is 5.75 Å². The number of hydrogen-bond acceptors (Lipinski definition) is 3. The number of benzene rings is 2. The molecule has 7 heteroatoms. The van der Waals surface area contributed by atoms with Crippen molar-refractivity contribution in [2.24, 2.45) is 0 Å². The van der Waals surface area contributed by atoms with Gasteiger partial charge in [-0.15, -0.1) is 0 Å². The van der Waals surface area contributed by atoms with E-state index < -0.39 is 0 Å². The second-order valence-corrected chi connectivity index (χ2v) is 7.42. The van der Waals surface area contributed by atoms with E-state index in [0.717, 1.165) is 5.56 Å². The summed E-state index contributed by atoms with van der Waals surface area (Å²) in [5, 5.41) is 2.88. The van der Waals surface area contributed by atoms with Gasteiger partial charge in [-0.2, -0.15) is 0 Å². The van der Waals surface area contributed by atoms with Gasteiger partial charge in [-0.1, -0.05) is 29.8 Å². The highest BCUT2D eigenvalue weighted by Crippen LogP contribution is 2.11. The van der Waals surface area contributed by atoms with Gasteiger partial charge in [0.05, 0.1) is 13.0 Å². The summed E-state index contributed by atoms with van der Waals surface area (Å²) in [5.74, 6) is 0.401. The predicted octanol–water partition coefficient (Wildman–Crippen LogP) is 3.00. The van der Waals surface area contributed by atoms with E-state index in [0.29, 0.717) is 57.9 Å². The van der Waals surface area contributed by atoms with Gasteiger partial charge >= 0.3 is 6.03 Å². The second kappa shape index (κ2) is 10.6. The average molecular weight is 413 g/mol. The highest BCUT2D eigenvalue weighted by Gasteiger charge is 2.23. The van der Waals surface area contributed by atoms with Crippen LogP contribution in [-0.2, 0) is 11.2 Å². The van der Waals surface area contributed by atoms with Crippen molar-refractivity contribution in [1.82, 2.24) is 15.1 Å². The summed E-state index contributed by atoms with van der Waals surface area (Å²) < 4.78 is 18.4. The third kappa shape index (κ3) is 6.47. The molecule has 6 nitrogen and oxygen atoms in total. The summed E-state index contributed by atoms with van der Waals surface area (Å²) in [6.45, 7) is 5.10. The number of nitrogens with one attached hydrogen (secondary N) is 1. The first-order valence-electron chi connectivity index (χ1n) is 10.3. The van der Waals surface area contributed by atoms with E-state index in [2.05, 4.69) is 5.32 Å². The van der Waals surface area contributed by atoms with Crippen LogP contribution in [0.4, 0.5) is 9.18 Å². The van der Waals surface area contributed by atoms with Gasteiger partial charge in [0.25, 0.3) is 0 Å². The monoisotopic (exact) mass is 413 g/mol. The maximum absolute atomic E-state index is 12.8. The van der Waals surface area contributed by atoms with E-state index in [9.17, 15) is 14.0 Å². The van der Waals surface area contributed by atoms with Crippen molar-refractivity contribution in [3.05, 3.63) is 65.5 Å². The van der Waals surface area contributed by atoms with Gasteiger partial charge in [0, 0.05) is 32.7 Å². The number of nitrogens with zero attached hydrogens (tertiary/aromatic N) is 2. The Labute approximate surface area is 176 Å². The number of halogens is 1. The fraction of sp³-hybridized carbons (Fsp3) is 0.391. The summed E-state index contributed by atoms with van der Waals surface area (Å²) in [4.78, 5) is 28.3. The van der Waals surface area contributed by atoms with E-state index in [1.807, 2.05) is 36.1 Å². The van der Waals surface area contributed by atoms with Gasteiger partial charge < -0.3 is 19.9 Å². The van der Waals surface area contributed by atoms with E-state index in [-0.39, 0.29) is 17.8 Å². The minimum absolute atomic E-state index is 0.0943. The first-order valence-corrected chi connectivity index (χ1v) is 10.3. The third-order valence-corrected chi connectivity index (χ3v) is 5.08. The number of ether oxygens (including phenoxy) is 1. The van der Waals surface area contributed by atoms with Crippen LogP contribution in [0.15, 0.2) is 48.5 Å². The molecule has 1 saturated heterocycles. The maximum Gasteiger partial charge on any atom is 0.317 e. The predicted molar refractivity (Wildman–Crippen MR) is 113 cm³/mol. The molecule has 1 aliphatic heterocycles. The highest BCUT2D eigenvalue weighted by molar-refractivity contribution is 5.79. The summed E-state index contributed by atoms with van der Waals surface area (Å²) in [6.07, 6.45) is 1.04. The number of carbonyl (C=O) groups excluding carboxylic acids is 2. The molecule has 3 rings (SSSR count). The summed E-state index contributed by atoms with van der Waals surface area (Å²) in [5.41, 5.74) is 2.18. The van der Waals surface area contributed by atoms with Gasteiger partial charge in [0.15, 0.2) is 0 Å². The smallest absolute Gasteiger partial charge is 0.317 e. The quantitative estimate of drug-likeness (QED) is 0.710. The lowest BCUT2D eigenvalue weighted by atomic mass is 10.1. The van der Waals surface area contributed by atoms with E-state index in [1.54, 1.807) is 17.0 Å². The second-order valence-electron chi connectivity index (χ2n) is 7.42. The van der Waals surface area contributed by atoms with Crippen molar-refractivity contribution in [2.75, 3.05) is 39.3 Å². The topological polar surface area (TPSA) is 61.9 Å². The van der Waals surface area contributed by atoms with Crippen LogP contribution in [0, 0.1) is 12.7 Å². The Morgan fingerprint density at radius 3 is 2.27 bits per heavy atom. The largest absolute Gasteiger partial charge is 0.494 e. The molecule has 2 aromatic rings. The molecular formula is C23H28FN3O3. The van der Waals surface area contributed by atoms with Crippen LogP contribution in [0.3, 0.4) is 0 Å². The molecule has 0 aliphatic carbocycles. The molecule has 0 atom stereocenters. The average Bonchev–Trinajstić information content (AvgIpc) is 2.76. The lowest BCUT2D eigenvalue weighted by Crippen LogP contribution is -2.53. The molecule has 160 valence electrons. The Kier molecular flexibility index (Phi) is 7.65. The lowest BCUT2D eigenvalue weighted by molar-refractivity contribution is -0.131. The van der Waals surface area contributed by atoms with E-state index in [4.69, 9.17) is 4.74 Å². The molecule has 0 saturated carbocycles.